The van der Waals surface area contributed by atoms with Crippen molar-refractivity contribution < 1.29 is 9.13 Å². The molecule has 0 aliphatic rings. The van der Waals surface area contributed by atoms with Gasteiger partial charge >= 0.3 is 0 Å². The van der Waals surface area contributed by atoms with Gasteiger partial charge in [-0.2, -0.15) is 0 Å². The molecule has 0 aliphatic carbocycles. The SMILES string of the molecule is CC(C)Oc1cc(NCc2ccc(Cl)cc2)c(N)cc1F. The van der Waals surface area contributed by atoms with E-state index in [9.17, 15) is 4.39 Å². The number of hydrogen-bond acceptors (Lipinski definition) is 3. The maximum atomic E-state index is 13.8. The third kappa shape index (κ3) is 4.26. The lowest BCUT2D eigenvalue weighted by Gasteiger charge is -2.15. The minimum atomic E-state index is -0.460. The molecule has 2 aromatic carbocycles. The summed E-state index contributed by atoms with van der Waals surface area (Å²) in [6.07, 6.45) is -0.104. The number of nitrogens with one attached hydrogen (secondary N) is 1. The third-order valence-electron chi connectivity index (χ3n) is 2.86. The van der Waals surface area contributed by atoms with E-state index in [1.165, 1.54) is 6.07 Å². The zero-order valence-corrected chi connectivity index (χ0v) is 12.7. The second-order valence-corrected chi connectivity index (χ2v) is 5.45. The molecule has 3 nitrogen and oxygen atoms in total. The van der Waals surface area contributed by atoms with Crippen LogP contribution in [0.4, 0.5) is 15.8 Å². The van der Waals surface area contributed by atoms with Crippen molar-refractivity contribution in [1.82, 2.24) is 0 Å². The van der Waals surface area contributed by atoms with E-state index in [2.05, 4.69) is 5.32 Å². The maximum Gasteiger partial charge on any atom is 0.167 e. The van der Waals surface area contributed by atoms with E-state index < -0.39 is 5.82 Å². The van der Waals surface area contributed by atoms with Gasteiger partial charge in [0, 0.05) is 23.7 Å². The molecular formula is C16H18ClFN2O. The number of hydrogen-bond donors (Lipinski definition) is 2. The molecule has 3 N–H and O–H groups in total. The fourth-order valence-electron chi connectivity index (χ4n) is 1.87. The average Bonchev–Trinajstić information content (AvgIpc) is 2.42. The number of nitrogen functional groups attached to an aromatic ring is 1. The van der Waals surface area contributed by atoms with Gasteiger partial charge in [-0.3, -0.25) is 0 Å². The van der Waals surface area contributed by atoms with Crippen LogP contribution in [0.2, 0.25) is 5.02 Å². The van der Waals surface area contributed by atoms with Crippen molar-refractivity contribution in [3.8, 4) is 5.75 Å². The summed E-state index contributed by atoms with van der Waals surface area (Å²) < 4.78 is 19.2. The standard InChI is InChI=1S/C16H18ClFN2O/c1-10(2)21-16-8-15(14(19)7-13(16)18)20-9-11-3-5-12(17)6-4-11/h3-8,10,20H,9,19H2,1-2H3. The van der Waals surface area contributed by atoms with Crippen LogP contribution in [0.15, 0.2) is 36.4 Å². The molecule has 21 heavy (non-hydrogen) atoms. The van der Waals surface area contributed by atoms with E-state index in [0.717, 1.165) is 5.56 Å². The van der Waals surface area contributed by atoms with E-state index in [4.69, 9.17) is 22.1 Å². The van der Waals surface area contributed by atoms with Crippen LogP contribution >= 0.6 is 11.6 Å². The highest BCUT2D eigenvalue weighted by atomic mass is 35.5. The van der Waals surface area contributed by atoms with Gasteiger partial charge in [0.1, 0.15) is 0 Å². The van der Waals surface area contributed by atoms with E-state index in [0.29, 0.717) is 22.9 Å². The van der Waals surface area contributed by atoms with Crippen LogP contribution in [0.25, 0.3) is 0 Å². The molecule has 5 heteroatoms. The summed E-state index contributed by atoms with van der Waals surface area (Å²) in [6, 6.07) is 10.3. The Labute approximate surface area is 128 Å². The van der Waals surface area contributed by atoms with Gasteiger partial charge in [0.25, 0.3) is 0 Å². The van der Waals surface area contributed by atoms with E-state index >= 15 is 0 Å². The van der Waals surface area contributed by atoms with Crippen molar-refractivity contribution in [2.45, 2.75) is 26.5 Å². The number of halogens is 2. The number of ether oxygens (including phenoxy) is 1. The topological polar surface area (TPSA) is 47.3 Å². The summed E-state index contributed by atoms with van der Waals surface area (Å²) in [5, 5.41) is 3.86. The zero-order chi connectivity index (χ0) is 15.4. The molecule has 0 spiro atoms. The minimum absolute atomic E-state index is 0.104. The van der Waals surface area contributed by atoms with Crippen LogP contribution in [0, 0.1) is 5.82 Å². The Kier molecular flexibility index (Phi) is 4.91. The summed E-state index contributed by atoms with van der Waals surface area (Å²) in [7, 11) is 0. The number of benzene rings is 2. The Balaban J connectivity index is 2.13. The van der Waals surface area contributed by atoms with Gasteiger partial charge in [-0.05, 0) is 31.5 Å². The van der Waals surface area contributed by atoms with E-state index in [-0.39, 0.29) is 11.9 Å². The molecule has 112 valence electrons. The van der Waals surface area contributed by atoms with Gasteiger partial charge in [-0.15, -0.1) is 0 Å². The van der Waals surface area contributed by atoms with Gasteiger partial charge in [0.15, 0.2) is 11.6 Å². The molecule has 0 aliphatic heterocycles. The van der Waals surface area contributed by atoms with E-state index in [1.807, 2.05) is 38.1 Å². The predicted octanol–water partition coefficient (Wildman–Crippen LogP) is 4.46. The van der Waals surface area contributed by atoms with Crippen LogP contribution < -0.4 is 15.8 Å². The molecule has 0 fully saturated rings. The first-order chi connectivity index (χ1) is 9.95. The third-order valence-corrected chi connectivity index (χ3v) is 3.11. The fourth-order valence-corrected chi connectivity index (χ4v) is 1.99. The molecule has 0 unspecified atom stereocenters. The molecule has 0 atom stereocenters. The van der Waals surface area contributed by atoms with E-state index in [1.54, 1.807) is 6.07 Å². The first-order valence-corrected chi connectivity index (χ1v) is 7.07. The monoisotopic (exact) mass is 308 g/mol. The molecule has 0 saturated carbocycles. The Bertz CT molecular complexity index is 614. The van der Waals surface area contributed by atoms with Crippen molar-refractivity contribution >= 4 is 23.0 Å². The first-order valence-electron chi connectivity index (χ1n) is 6.69. The van der Waals surface area contributed by atoms with Gasteiger partial charge < -0.3 is 15.8 Å². The Morgan fingerprint density at radius 3 is 2.52 bits per heavy atom. The number of nitrogens with two attached hydrogens (primary N) is 1. The lowest BCUT2D eigenvalue weighted by Crippen LogP contribution is -2.09. The average molecular weight is 309 g/mol. The second-order valence-electron chi connectivity index (χ2n) is 5.02. The summed E-state index contributed by atoms with van der Waals surface area (Å²) in [5.41, 5.74) is 7.87. The van der Waals surface area contributed by atoms with Crippen molar-refractivity contribution in [3.05, 3.63) is 52.8 Å². The molecule has 2 aromatic rings. The van der Waals surface area contributed by atoms with Crippen molar-refractivity contribution in [2.24, 2.45) is 0 Å². The quantitative estimate of drug-likeness (QED) is 0.802. The smallest absolute Gasteiger partial charge is 0.167 e. The largest absolute Gasteiger partial charge is 0.488 e. The number of anilines is 2. The maximum absolute atomic E-state index is 13.8. The minimum Gasteiger partial charge on any atom is -0.488 e. The molecule has 0 bridgehead atoms. The van der Waals surface area contributed by atoms with Crippen LogP contribution in [0.1, 0.15) is 19.4 Å². The van der Waals surface area contributed by atoms with Crippen LogP contribution in [0.5, 0.6) is 5.75 Å². The molecule has 0 heterocycles. The second kappa shape index (κ2) is 6.68. The van der Waals surface area contributed by atoms with Crippen LogP contribution in [-0.2, 0) is 6.54 Å². The zero-order valence-electron chi connectivity index (χ0n) is 12.0. The summed E-state index contributed by atoms with van der Waals surface area (Å²) in [6.45, 7) is 4.25. The fraction of sp³-hybridized carbons (Fsp3) is 0.250. The highest BCUT2D eigenvalue weighted by molar-refractivity contribution is 6.30. The van der Waals surface area contributed by atoms with Gasteiger partial charge in [-0.25, -0.2) is 4.39 Å². The number of rotatable bonds is 5. The molecule has 0 saturated heterocycles. The summed E-state index contributed by atoms with van der Waals surface area (Å²) >= 11 is 5.84. The Morgan fingerprint density at radius 1 is 1.24 bits per heavy atom. The highest BCUT2D eigenvalue weighted by Crippen LogP contribution is 2.29. The lowest BCUT2D eigenvalue weighted by molar-refractivity contribution is 0.231. The molecule has 0 amide bonds. The van der Waals surface area contributed by atoms with Crippen molar-refractivity contribution in [2.75, 3.05) is 11.1 Å². The summed E-state index contributed by atoms with van der Waals surface area (Å²) in [5.74, 6) is -0.268. The van der Waals surface area contributed by atoms with Gasteiger partial charge in [0.05, 0.1) is 17.5 Å². The van der Waals surface area contributed by atoms with Crippen molar-refractivity contribution in [1.29, 1.82) is 0 Å². The first kappa shape index (κ1) is 15.4. The molecular weight excluding hydrogens is 291 g/mol. The molecule has 0 radical (unpaired) electrons. The summed E-state index contributed by atoms with van der Waals surface area (Å²) in [4.78, 5) is 0. The normalized spacial score (nSPS) is 10.7. The highest BCUT2D eigenvalue weighted by Gasteiger charge is 2.10. The molecule has 0 aromatic heterocycles. The van der Waals surface area contributed by atoms with Crippen LogP contribution in [-0.4, -0.2) is 6.10 Å². The Morgan fingerprint density at radius 2 is 1.90 bits per heavy atom. The van der Waals surface area contributed by atoms with Gasteiger partial charge in [0.2, 0.25) is 0 Å². The lowest BCUT2D eigenvalue weighted by atomic mass is 10.2. The van der Waals surface area contributed by atoms with Crippen LogP contribution in [0.3, 0.4) is 0 Å². The van der Waals surface area contributed by atoms with Crippen molar-refractivity contribution in [3.63, 3.8) is 0 Å². The Hall–Kier alpha value is -1.94. The predicted molar refractivity (Wildman–Crippen MR) is 85.4 cm³/mol. The van der Waals surface area contributed by atoms with Gasteiger partial charge in [-0.1, -0.05) is 23.7 Å². The molecule has 2 rings (SSSR count).